The maximum Gasteiger partial charge on any atom is 0.337 e. The second kappa shape index (κ2) is 28.9. The SMILES string of the molecule is COC(=O)[C@@]1(Cc2cccc(Cl)c2)COC([C@@H]2CCCN2C(=O)C(NC(=O)[C@H](C)N)[C@@H](C)OCc2cn(CC#CC#CCn3cc(CO[C@H](C)[C@H](NC(=O)[C@H](C)N)C(=O)N4CCC[C@H]4C4=N[C@@](Cc5cccc(Cl)c5)(C(=O)OC)CO4)nn3)nn2)=N1. The molecule has 2 aromatic carbocycles. The van der Waals surface area contributed by atoms with Crippen LogP contribution < -0.4 is 22.1 Å². The Morgan fingerprint density at radius 3 is 1.44 bits per heavy atom. The van der Waals surface area contributed by atoms with E-state index in [0.29, 0.717) is 60.2 Å². The molecule has 4 aromatic rings. The van der Waals surface area contributed by atoms with Crippen LogP contribution in [0.1, 0.15) is 75.9 Å². The Hall–Kier alpha value is -7.98. The number of nitrogens with zero attached hydrogens (tertiary/aromatic N) is 10. The van der Waals surface area contributed by atoms with Crippen molar-refractivity contribution in [3.63, 3.8) is 0 Å². The molecule has 2 saturated heterocycles. The molecule has 4 amide bonds. The molecule has 458 valence electrons. The van der Waals surface area contributed by atoms with Crippen molar-refractivity contribution in [1.29, 1.82) is 0 Å². The van der Waals surface area contributed by atoms with Crippen molar-refractivity contribution in [3.8, 4) is 23.7 Å². The molecule has 6 N–H and O–H groups in total. The van der Waals surface area contributed by atoms with Gasteiger partial charge in [0.25, 0.3) is 0 Å². The molecular weight excluding hydrogens is 1160 g/mol. The summed E-state index contributed by atoms with van der Waals surface area (Å²) in [6, 6.07) is 8.74. The van der Waals surface area contributed by atoms with Crippen molar-refractivity contribution in [2.45, 2.75) is 152 Å². The molecule has 86 heavy (non-hydrogen) atoms. The zero-order valence-electron chi connectivity index (χ0n) is 48.6. The van der Waals surface area contributed by atoms with Crippen LogP contribution in [0, 0.1) is 23.7 Å². The van der Waals surface area contributed by atoms with E-state index in [1.165, 1.54) is 37.4 Å². The predicted octanol–water partition coefficient (Wildman–Crippen LogP) is 1.51. The van der Waals surface area contributed by atoms with Gasteiger partial charge in [0.2, 0.25) is 35.4 Å². The average Bonchev–Trinajstić information content (AvgIpc) is 2.83. The van der Waals surface area contributed by atoms with Crippen molar-refractivity contribution in [2.24, 2.45) is 21.5 Å². The molecule has 2 fully saturated rings. The number of ether oxygens (including phenoxy) is 6. The summed E-state index contributed by atoms with van der Waals surface area (Å²) in [4.78, 5) is 94.0. The van der Waals surface area contributed by atoms with Crippen LogP contribution >= 0.6 is 23.2 Å². The Morgan fingerprint density at radius 1 is 0.663 bits per heavy atom. The van der Waals surface area contributed by atoms with Crippen molar-refractivity contribution in [3.05, 3.63) is 93.5 Å². The van der Waals surface area contributed by atoms with Crippen molar-refractivity contribution >= 4 is 70.6 Å². The van der Waals surface area contributed by atoms with Crippen LogP contribution in [0.3, 0.4) is 0 Å². The summed E-state index contributed by atoms with van der Waals surface area (Å²) in [5, 5.41) is 23.1. The molecule has 10 atom stereocenters. The maximum atomic E-state index is 14.4. The number of hydrogen-bond donors (Lipinski definition) is 4. The zero-order chi connectivity index (χ0) is 61.7. The minimum atomic E-state index is -1.39. The minimum Gasteiger partial charge on any atom is -0.476 e. The summed E-state index contributed by atoms with van der Waals surface area (Å²) in [6.45, 7) is 6.94. The number of halogens is 2. The van der Waals surface area contributed by atoms with Gasteiger partial charge in [-0.05, 0) is 101 Å². The standard InChI is InChI=1S/C58H70Cl2N14O12/c1-35(61)49(75)63-47(53(77)73-23-13-19-45(73)51-65-57(33-85-51,55(79)81-5)27-39-15-11-17-41(59)25-39)37(3)83-31-43-29-71(69-67-43)21-9-7-8-10-22-72-30-44(68-70-72)32-84-38(4)48(64-50(76)36(2)62)54(78)74-24-14-20-46(74)52-66-58(34-86-52,56(80)82-6)28-40-16-12-18-42(60)26-40/h11-12,15-18,25-26,29-30,35-38,45-48H,13-14,19-24,27-28,31-34,61-62H2,1-6H3,(H,63,75)(H,64,76)/t35-,36-,37+,38+,45-,46-,47-,48?,57+,58+/m0/s1. The normalized spacial score (nSPS) is 21.8. The van der Waals surface area contributed by atoms with E-state index in [2.05, 4.69) is 54.9 Å². The number of carbonyl (C=O) groups is 6. The number of esters is 2. The van der Waals surface area contributed by atoms with Crippen LogP contribution in [-0.4, -0.2) is 187 Å². The lowest BCUT2D eigenvalue weighted by Crippen LogP contribution is -2.58. The first-order chi connectivity index (χ1) is 41.2. The molecule has 1 unspecified atom stereocenters. The summed E-state index contributed by atoms with van der Waals surface area (Å²) in [5.41, 5.74) is 11.4. The number of carbonyl (C=O) groups excluding carboxylic acids is 6. The van der Waals surface area contributed by atoms with Gasteiger partial charge in [-0.1, -0.05) is 69.7 Å². The highest BCUT2D eigenvalue weighted by Crippen LogP contribution is 2.34. The molecular formula is C58H70Cl2N14O12. The molecule has 4 aliphatic rings. The highest BCUT2D eigenvalue weighted by Gasteiger charge is 2.51. The Labute approximate surface area is 507 Å². The predicted molar refractivity (Wildman–Crippen MR) is 311 cm³/mol. The number of likely N-dealkylation sites (tertiary alicyclic amines) is 2. The third-order valence-electron chi connectivity index (χ3n) is 14.9. The van der Waals surface area contributed by atoms with Gasteiger partial charge in [0.05, 0.1) is 64.1 Å². The van der Waals surface area contributed by atoms with E-state index in [0.717, 1.165) is 11.1 Å². The quantitative estimate of drug-likeness (QED) is 0.0571. The van der Waals surface area contributed by atoms with Crippen molar-refractivity contribution in [2.75, 3.05) is 40.5 Å². The molecule has 0 bridgehead atoms. The van der Waals surface area contributed by atoms with E-state index < -0.39 is 95.1 Å². The highest BCUT2D eigenvalue weighted by atomic mass is 35.5. The molecule has 0 saturated carbocycles. The third kappa shape index (κ3) is 15.7. The number of methoxy groups -OCH3 is 2. The Kier molecular flexibility index (Phi) is 21.5. The van der Waals surface area contributed by atoms with Gasteiger partial charge in [-0.25, -0.2) is 28.9 Å². The molecule has 2 aromatic heterocycles. The number of rotatable bonds is 24. The fraction of sp³-hybridized carbons (Fsp3) is 0.517. The molecule has 6 heterocycles. The maximum absolute atomic E-state index is 14.4. The lowest BCUT2D eigenvalue weighted by molar-refractivity contribution is -0.148. The van der Waals surface area contributed by atoms with Gasteiger partial charge in [0.15, 0.2) is 11.1 Å². The number of nitrogens with one attached hydrogen (secondary N) is 2. The molecule has 4 aliphatic heterocycles. The van der Waals surface area contributed by atoms with E-state index >= 15 is 0 Å². The second-order valence-corrected chi connectivity index (χ2v) is 22.4. The van der Waals surface area contributed by atoms with Crippen LogP contribution in [0.25, 0.3) is 0 Å². The summed E-state index contributed by atoms with van der Waals surface area (Å²) >= 11 is 12.5. The van der Waals surface area contributed by atoms with Crippen LogP contribution in [0.15, 0.2) is 70.9 Å². The molecule has 0 aliphatic carbocycles. The Bertz CT molecular complexity index is 3120. The minimum absolute atomic E-state index is 0.0661. The first kappa shape index (κ1) is 64.0. The van der Waals surface area contributed by atoms with Gasteiger partial charge >= 0.3 is 11.9 Å². The number of benzene rings is 2. The van der Waals surface area contributed by atoms with E-state index in [1.807, 2.05) is 12.1 Å². The molecule has 28 heteroatoms. The van der Waals surface area contributed by atoms with Gasteiger partial charge in [-0.2, -0.15) is 0 Å². The smallest absolute Gasteiger partial charge is 0.337 e. The molecule has 26 nitrogen and oxygen atoms in total. The van der Waals surface area contributed by atoms with Crippen molar-refractivity contribution in [1.82, 2.24) is 50.4 Å². The first-order valence-electron chi connectivity index (χ1n) is 28.0. The molecule has 0 spiro atoms. The number of aliphatic imine (C=N–C) groups is 2. The average molecular weight is 1230 g/mol. The molecule has 0 radical (unpaired) electrons. The van der Waals surface area contributed by atoms with E-state index in [4.69, 9.17) is 73.1 Å². The van der Waals surface area contributed by atoms with Gasteiger partial charge in [-0.15, -0.1) is 10.2 Å². The summed E-state index contributed by atoms with van der Waals surface area (Å²) in [6.07, 6.45) is 4.07. The monoisotopic (exact) mass is 1220 g/mol. The van der Waals surface area contributed by atoms with Crippen molar-refractivity contribution < 1.29 is 57.2 Å². The zero-order valence-corrected chi connectivity index (χ0v) is 50.1. The lowest BCUT2D eigenvalue weighted by atomic mass is 9.92. The number of hydrogen-bond acceptors (Lipinski definition) is 20. The van der Waals surface area contributed by atoms with Crippen LogP contribution in [0.4, 0.5) is 0 Å². The summed E-state index contributed by atoms with van der Waals surface area (Å²) in [7, 11) is 2.56. The lowest BCUT2D eigenvalue weighted by Gasteiger charge is -2.32. The van der Waals surface area contributed by atoms with Gasteiger partial charge in [0, 0.05) is 36.0 Å². The Morgan fingerprint density at radius 2 is 1.07 bits per heavy atom. The highest BCUT2D eigenvalue weighted by molar-refractivity contribution is 6.31. The fourth-order valence-corrected chi connectivity index (χ4v) is 10.8. The fourth-order valence-electron chi connectivity index (χ4n) is 10.3. The van der Waals surface area contributed by atoms with Crippen LogP contribution in [-0.2, 0) is 96.3 Å². The van der Waals surface area contributed by atoms with E-state index in [-0.39, 0.29) is 64.2 Å². The van der Waals surface area contributed by atoms with Gasteiger partial charge in [0.1, 0.15) is 61.9 Å². The van der Waals surface area contributed by atoms with Crippen LogP contribution in [0.5, 0.6) is 0 Å². The van der Waals surface area contributed by atoms with Gasteiger partial charge < -0.3 is 60.3 Å². The van der Waals surface area contributed by atoms with E-state index in [9.17, 15) is 28.8 Å². The number of amides is 4. The third-order valence-corrected chi connectivity index (χ3v) is 15.4. The topological polar surface area (TPSA) is 327 Å². The van der Waals surface area contributed by atoms with E-state index in [1.54, 1.807) is 72.4 Å². The largest absolute Gasteiger partial charge is 0.476 e. The second-order valence-electron chi connectivity index (χ2n) is 21.5. The van der Waals surface area contributed by atoms with Crippen LogP contribution in [0.2, 0.25) is 10.0 Å². The van der Waals surface area contributed by atoms with Gasteiger partial charge in [-0.3, -0.25) is 19.2 Å². The summed E-state index contributed by atoms with van der Waals surface area (Å²) in [5.74, 6) is 8.65. The summed E-state index contributed by atoms with van der Waals surface area (Å²) < 4.78 is 37.7. The molecule has 8 rings (SSSR count). The Balaban J connectivity index is 0.828. The number of aromatic nitrogens is 6. The number of nitrogens with two attached hydrogens (primary N) is 2. The first-order valence-corrected chi connectivity index (χ1v) is 28.8.